The van der Waals surface area contributed by atoms with Gasteiger partial charge in [0.1, 0.15) is 17.5 Å². The number of rotatable bonds is 4. The molecule has 18 heavy (non-hydrogen) atoms. The molecule has 2 rings (SSSR count). The highest BCUT2D eigenvalue weighted by Crippen LogP contribution is 2.20. The van der Waals surface area contributed by atoms with E-state index in [0.29, 0.717) is 18.4 Å². The fourth-order valence-electron chi connectivity index (χ4n) is 1.88. The first kappa shape index (κ1) is 12.7. The Labute approximate surface area is 104 Å². The summed E-state index contributed by atoms with van der Waals surface area (Å²) in [5.41, 5.74) is 6.25. The molecule has 0 aliphatic carbocycles. The highest BCUT2D eigenvalue weighted by atomic mass is 19.1. The summed E-state index contributed by atoms with van der Waals surface area (Å²) in [4.78, 5) is 4.17. The minimum atomic E-state index is -0.595. The third-order valence-electron chi connectivity index (χ3n) is 2.96. The van der Waals surface area contributed by atoms with Crippen LogP contribution in [-0.4, -0.2) is 9.55 Å². The Morgan fingerprint density at radius 2 is 2.17 bits per heavy atom. The SMILES string of the molecule is Cn1ccnc1CCC(N)c1ccc(F)cc1F. The highest BCUT2D eigenvalue weighted by Gasteiger charge is 2.13. The molecule has 0 amide bonds. The molecule has 2 aromatic rings. The Hall–Kier alpha value is -1.75. The van der Waals surface area contributed by atoms with Gasteiger partial charge in [-0.1, -0.05) is 6.07 Å². The van der Waals surface area contributed by atoms with Crippen LogP contribution in [0.25, 0.3) is 0 Å². The lowest BCUT2D eigenvalue weighted by Gasteiger charge is -2.12. The van der Waals surface area contributed by atoms with Crippen molar-refractivity contribution in [2.24, 2.45) is 12.8 Å². The van der Waals surface area contributed by atoms with Crippen molar-refractivity contribution in [1.29, 1.82) is 0 Å². The maximum atomic E-state index is 13.5. The lowest BCUT2D eigenvalue weighted by molar-refractivity contribution is 0.539. The van der Waals surface area contributed by atoms with Crippen molar-refractivity contribution in [1.82, 2.24) is 9.55 Å². The number of benzene rings is 1. The topological polar surface area (TPSA) is 43.8 Å². The molecule has 0 fully saturated rings. The lowest BCUT2D eigenvalue weighted by Crippen LogP contribution is -2.14. The van der Waals surface area contributed by atoms with Crippen LogP contribution >= 0.6 is 0 Å². The highest BCUT2D eigenvalue weighted by molar-refractivity contribution is 5.21. The van der Waals surface area contributed by atoms with Crippen molar-refractivity contribution in [3.8, 4) is 0 Å². The molecule has 0 bridgehead atoms. The number of hydrogen-bond acceptors (Lipinski definition) is 2. The molecule has 0 aliphatic heterocycles. The molecule has 1 heterocycles. The molecule has 1 atom stereocenters. The Balaban J connectivity index is 2.03. The Bertz CT molecular complexity index is 537. The smallest absolute Gasteiger partial charge is 0.130 e. The average Bonchev–Trinajstić information content (AvgIpc) is 2.72. The van der Waals surface area contributed by atoms with E-state index in [4.69, 9.17) is 5.73 Å². The fraction of sp³-hybridized carbons (Fsp3) is 0.308. The summed E-state index contributed by atoms with van der Waals surface area (Å²) in [6.07, 6.45) is 4.77. The molecule has 0 spiro atoms. The Morgan fingerprint density at radius 1 is 1.39 bits per heavy atom. The van der Waals surface area contributed by atoms with E-state index >= 15 is 0 Å². The molecule has 5 heteroatoms. The van der Waals surface area contributed by atoms with Crippen LogP contribution in [0.4, 0.5) is 8.78 Å². The molecule has 0 saturated heterocycles. The standard InChI is InChI=1S/C13H15F2N3/c1-18-7-6-17-13(18)5-4-12(16)10-3-2-9(14)8-11(10)15/h2-3,6-8,12H,4-5,16H2,1H3. The maximum Gasteiger partial charge on any atom is 0.130 e. The quantitative estimate of drug-likeness (QED) is 0.906. The molecular formula is C13H15F2N3. The van der Waals surface area contributed by atoms with Crippen LogP contribution in [-0.2, 0) is 13.5 Å². The van der Waals surface area contributed by atoms with E-state index in [-0.39, 0.29) is 0 Å². The molecule has 96 valence electrons. The summed E-state index contributed by atoms with van der Waals surface area (Å²) in [5, 5.41) is 0. The number of nitrogens with zero attached hydrogens (tertiary/aromatic N) is 2. The zero-order valence-corrected chi connectivity index (χ0v) is 10.1. The van der Waals surface area contributed by atoms with Crippen molar-refractivity contribution < 1.29 is 8.78 Å². The number of aryl methyl sites for hydroxylation is 2. The molecule has 1 aromatic carbocycles. The number of halogens is 2. The Morgan fingerprint density at radius 3 is 2.78 bits per heavy atom. The van der Waals surface area contributed by atoms with Gasteiger partial charge < -0.3 is 10.3 Å². The van der Waals surface area contributed by atoms with Crippen LogP contribution in [0, 0.1) is 11.6 Å². The molecular weight excluding hydrogens is 236 g/mol. The van der Waals surface area contributed by atoms with Crippen molar-refractivity contribution in [2.45, 2.75) is 18.9 Å². The van der Waals surface area contributed by atoms with Crippen molar-refractivity contribution in [3.05, 3.63) is 53.6 Å². The van der Waals surface area contributed by atoms with Gasteiger partial charge in [0.05, 0.1) is 0 Å². The molecule has 1 unspecified atom stereocenters. The van der Waals surface area contributed by atoms with Gasteiger partial charge in [0.2, 0.25) is 0 Å². The summed E-state index contributed by atoms with van der Waals surface area (Å²) in [7, 11) is 1.90. The zero-order valence-electron chi connectivity index (χ0n) is 10.1. The largest absolute Gasteiger partial charge is 0.338 e. The second-order valence-corrected chi connectivity index (χ2v) is 4.27. The molecule has 0 radical (unpaired) electrons. The molecule has 0 aliphatic rings. The zero-order chi connectivity index (χ0) is 13.1. The van der Waals surface area contributed by atoms with Gasteiger partial charge in [-0.15, -0.1) is 0 Å². The first-order valence-corrected chi connectivity index (χ1v) is 5.74. The van der Waals surface area contributed by atoms with E-state index in [9.17, 15) is 8.78 Å². The summed E-state index contributed by atoms with van der Waals surface area (Å²) < 4.78 is 28.2. The number of imidazole rings is 1. The predicted octanol–water partition coefficient (Wildman–Crippen LogP) is 2.33. The van der Waals surface area contributed by atoms with E-state index in [1.165, 1.54) is 12.1 Å². The van der Waals surface area contributed by atoms with E-state index in [1.807, 2.05) is 17.8 Å². The van der Waals surface area contributed by atoms with Crippen LogP contribution in [0.15, 0.2) is 30.6 Å². The monoisotopic (exact) mass is 251 g/mol. The average molecular weight is 251 g/mol. The number of aromatic nitrogens is 2. The second-order valence-electron chi connectivity index (χ2n) is 4.27. The number of hydrogen-bond donors (Lipinski definition) is 1. The van der Waals surface area contributed by atoms with E-state index < -0.39 is 17.7 Å². The molecule has 3 nitrogen and oxygen atoms in total. The van der Waals surface area contributed by atoms with E-state index in [1.54, 1.807) is 6.20 Å². The van der Waals surface area contributed by atoms with Gasteiger partial charge >= 0.3 is 0 Å². The van der Waals surface area contributed by atoms with Crippen molar-refractivity contribution in [2.75, 3.05) is 0 Å². The summed E-state index contributed by atoms with van der Waals surface area (Å²) in [6, 6.07) is 3.02. The molecule has 0 saturated carbocycles. The minimum absolute atomic E-state index is 0.339. The lowest BCUT2D eigenvalue weighted by atomic mass is 10.0. The normalized spacial score (nSPS) is 12.7. The Kier molecular flexibility index (Phi) is 3.72. The first-order valence-electron chi connectivity index (χ1n) is 5.74. The predicted molar refractivity (Wildman–Crippen MR) is 64.8 cm³/mol. The van der Waals surface area contributed by atoms with Gasteiger partial charge in [0, 0.05) is 43.5 Å². The summed E-state index contributed by atoms with van der Waals surface area (Å²) in [5.74, 6) is -0.289. The van der Waals surface area contributed by atoms with E-state index in [0.717, 1.165) is 11.9 Å². The fourth-order valence-corrected chi connectivity index (χ4v) is 1.88. The van der Waals surface area contributed by atoms with Gasteiger partial charge in [0.25, 0.3) is 0 Å². The van der Waals surface area contributed by atoms with Gasteiger partial charge in [-0.2, -0.15) is 0 Å². The molecule has 1 aromatic heterocycles. The maximum absolute atomic E-state index is 13.5. The van der Waals surface area contributed by atoms with Crippen LogP contribution in [0.5, 0.6) is 0 Å². The van der Waals surface area contributed by atoms with Crippen LogP contribution in [0.3, 0.4) is 0 Å². The first-order chi connectivity index (χ1) is 8.58. The van der Waals surface area contributed by atoms with Crippen LogP contribution in [0.2, 0.25) is 0 Å². The van der Waals surface area contributed by atoms with Gasteiger partial charge in [0.15, 0.2) is 0 Å². The van der Waals surface area contributed by atoms with Crippen LogP contribution in [0.1, 0.15) is 23.9 Å². The van der Waals surface area contributed by atoms with Gasteiger partial charge in [-0.25, -0.2) is 13.8 Å². The number of nitrogens with two attached hydrogens (primary N) is 1. The van der Waals surface area contributed by atoms with E-state index in [2.05, 4.69) is 4.98 Å². The summed E-state index contributed by atoms with van der Waals surface area (Å²) >= 11 is 0. The summed E-state index contributed by atoms with van der Waals surface area (Å²) in [6.45, 7) is 0. The van der Waals surface area contributed by atoms with Crippen molar-refractivity contribution >= 4 is 0 Å². The molecule has 2 N–H and O–H groups in total. The minimum Gasteiger partial charge on any atom is -0.338 e. The van der Waals surface area contributed by atoms with Gasteiger partial charge in [-0.3, -0.25) is 0 Å². The van der Waals surface area contributed by atoms with Crippen molar-refractivity contribution in [3.63, 3.8) is 0 Å². The van der Waals surface area contributed by atoms with Crippen LogP contribution < -0.4 is 5.73 Å². The second kappa shape index (κ2) is 5.27. The third kappa shape index (κ3) is 2.73. The van der Waals surface area contributed by atoms with Gasteiger partial charge in [-0.05, 0) is 12.5 Å². The third-order valence-corrected chi connectivity index (χ3v) is 2.96.